The van der Waals surface area contributed by atoms with Crippen LogP contribution in [0.2, 0.25) is 0 Å². The molecular formula is C18H29AgO3S. The summed E-state index contributed by atoms with van der Waals surface area (Å²) < 4.78 is 33.5. The van der Waals surface area contributed by atoms with E-state index >= 15 is 0 Å². The zero-order valence-corrected chi connectivity index (χ0v) is 16.3. The minimum absolute atomic E-state index is 0. The Morgan fingerprint density at radius 3 is 1.83 bits per heavy atom. The van der Waals surface area contributed by atoms with E-state index in [9.17, 15) is 13.0 Å². The van der Waals surface area contributed by atoms with E-state index in [2.05, 4.69) is 6.92 Å². The van der Waals surface area contributed by atoms with Crippen molar-refractivity contribution in [3.05, 3.63) is 29.8 Å². The molecule has 0 bridgehead atoms. The van der Waals surface area contributed by atoms with Gasteiger partial charge in [-0.15, -0.1) is 0 Å². The van der Waals surface area contributed by atoms with Crippen LogP contribution in [-0.4, -0.2) is 13.0 Å². The number of rotatable bonds is 12. The van der Waals surface area contributed by atoms with Gasteiger partial charge in [0.25, 0.3) is 0 Å². The third-order valence-corrected chi connectivity index (χ3v) is 4.98. The van der Waals surface area contributed by atoms with Crippen LogP contribution in [0.5, 0.6) is 0 Å². The second-order valence-electron chi connectivity index (χ2n) is 5.99. The SMILES string of the molecule is CCCCCCCCCCCCc1ccccc1S(=O)(=O)[O-].[Ag+]. The van der Waals surface area contributed by atoms with Crippen LogP contribution in [0.4, 0.5) is 0 Å². The monoisotopic (exact) mass is 432 g/mol. The molecule has 136 valence electrons. The van der Waals surface area contributed by atoms with Gasteiger partial charge in [-0.25, -0.2) is 8.42 Å². The maximum atomic E-state index is 11.2. The van der Waals surface area contributed by atoms with Crippen LogP contribution >= 0.6 is 0 Å². The number of hydrogen-bond acceptors (Lipinski definition) is 3. The van der Waals surface area contributed by atoms with E-state index in [-0.39, 0.29) is 27.3 Å². The van der Waals surface area contributed by atoms with Gasteiger partial charge >= 0.3 is 22.4 Å². The molecule has 23 heavy (non-hydrogen) atoms. The van der Waals surface area contributed by atoms with E-state index in [0.717, 1.165) is 12.8 Å². The fourth-order valence-corrected chi connectivity index (χ4v) is 3.49. The first-order chi connectivity index (χ1) is 10.6. The smallest absolute Gasteiger partial charge is 0.744 e. The molecule has 0 spiro atoms. The number of unbranched alkanes of at least 4 members (excludes halogenated alkanes) is 9. The van der Waals surface area contributed by atoms with Crippen LogP contribution < -0.4 is 0 Å². The van der Waals surface area contributed by atoms with Crippen molar-refractivity contribution in [3.8, 4) is 0 Å². The van der Waals surface area contributed by atoms with Crippen LogP contribution in [0, 0.1) is 0 Å². The Morgan fingerprint density at radius 1 is 0.826 bits per heavy atom. The molecule has 0 saturated heterocycles. The van der Waals surface area contributed by atoms with Gasteiger partial charge in [0.15, 0.2) is 0 Å². The van der Waals surface area contributed by atoms with E-state index in [1.165, 1.54) is 57.4 Å². The van der Waals surface area contributed by atoms with Crippen molar-refractivity contribution in [1.82, 2.24) is 0 Å². The standard InChI is InChI=1S/C18H30O3S.Ag/c1-2-3-4-5-6-7-8-9-10-11-14-17-15-12-13-16-18(17)22(19,20)21;/h12-13,15-16H,2-11,14H2,1H3,(H,19,20,21);/q;+1/p-1. The zero-order valence-electron chi connectivity index (χ0n) is 14.0. The summed E-state index contributed by atoms with van der Waals surface area (Å²) in [5.41, 5.74) is 0.664. The number of benzene rings is 1. The van der Waals surface area contributed by atoms with Crippen molar-refractivity contribution in [2.45, 2.75) is 82.4 Å². The molecule has 1 aromatic carbocycles. The summed E-state index contributed by atoms with van der Waals surface area (Å²) in [4.78, 5) is -0.0501. The number of hydrogen-bond donors (Lipinski definition) is 0. The molecule has 0 aliphatic rings. The van der Waals surface area contributed by atoms with E-state index in [0.29, 0.717) is 12.0 Å². The fourth-order valence-electron chi connectivity index (χ4n) is 2.76. The fraction of sp³-hybridized carbons (Fsp3) is 0.667. The molecule has 1 aromatic rings. The second kappa shape index (κ2) is 13.2. The van der Waals surface area contributed by atoms with E-state index in [1.807, 2.05) is 0 Å². The number of aryl methyl sites for hydroxylation is 1. The van der Waals surface area contributed by atoms with Gasteiger partial charge in [0.2, 0.25) is 0 Å². The third-order valence-electron chi connectivity index (χ3n) is 4.04. The molecule has 1 rings (SSSR count). The van der Waals surface area contributed by atoms with Crippen LogP contribution in [0.3, 0.4) is 0 Å². The predicted octanol–water partition coefficient (Wildman–Crippen LogP) is 5.05. The average molecular weight is 433 g/mol. The van der Waals surface area contributed by atoms with E-state index < -0.39 is 10.1 Å². The zero-order chi connectivity index (χ0) is 16.3. The van der Waals surface area contributed by atoms with Crippen LogP contribution in [0.15, 0.2) is 29.2 Å². The molecule has 0 amide bonds. The summed E-state index contributed by atoms with van der Waals surface area (Å²) in [7, 11) is -4.35. The molecule has 0 heterocycles. The quantitative estimate of drug-likeness (QED) is 0.263. The van der Waals surface area contributed by atoms with Gasteiger partial charge < -0.3 is 4.55 Å². The van der Waals surface area contributed by atoms with Crippen molar-refractivity contribution in [1.29, 1.82) is 0 Å². The van der Waals surface area contributed by atoms with E-state index in [4.69, 9.17) is 0 Å². The van der Waals surface area contributed by atoms with Crippen molar-refractivity contribution >= 4 is 10.1 Å². The maximum Gasteiger partial charge on any atom is 1.00 e. The minimum atomic E-state index is -4.35. The molecule has 5 heteroatoms. The molecule has 0 saturated carbocycles. The third kappa shape index (κ3) is 10.4. The Kier molecular flexibility index (Phi) is 13.1. The Labute approximate surface area is 157 Å². The van der Waals surface area contributed by atoms with Gasteiger partial charge in [-0.3, -0.25) is 0 Å². The molecule has 0 radical (unpaired) electrons. The molecule has 0 unspecified atom stereocenters. The first kappa shape index (κ1) is 22.9. The van der Waals surface area contributed by atoms with Gasteiger partial charge in [-0.05, 0) is 24.5 Å². The Bertz CT molecular complexity index is 515. The van der Waals surface area contributed by atoms with Crippen molar-refractivity contribution in [2.75, 3.05) is 0 Å². The van der Waals surface area contributed by atoms with Gasteiger partial charge in [0, 0.05) is 0 Å². The molecule has 0 N–H and O–H groups in total. The van der Waals surface area contributed by atoms with E-state index in [1.54, 1.807) is 18.2 Å². The molecular weight excluding hydrogens is 404 g/mol. The maximum absolute atomic E-state index is 11.2. The summed E-state index contributed by atoms with van der Waals surface area (Å²) in [6.45, 7) is 2.23. The van der Waals surface area contributed by atoms with Gasteiger partial charge in [-0.1, -0.05) is 82.9 Å². The summed E-state index contributed by atoms with van der Waals surface area (Å²) in [6.07, 6.45) is 13.2. The molecule has 0 aromatic heterocycles. The summed E-state index contributed by atoms with van der Waals surface area (Å²) >= 11 is 0. The Balaban J connectivity index is 0.00000484. The Morgan fingerprint density at radius 2 is 1.30 bits per heavy atom. The largest absolute Gasteiger partial charge is 1.00 e. The van der Waals surface area contributed by atoms with Crippen molar-refractivity contribution < 1.29 is 35.4 Å². The molecule has 0 atom stereocenters. The topological polar surface area (TPSA) is 57.2 Å². The van der Waals surface area contributed by atoms with Gasteiger partial charge in [0.1, 0.15) is 10.1 Å². The van der Waals surface area contributed by atoms with Crippen molar-refractivity contribution in [3.63, 3.8) is 0 Å². The summed E-state index contributed by atoms with van der Waals surface area (Å²) in [6, 6.07) is 6.56. The molecule has 0 fully saturated rings. The molecule has 3 nitrogen and oxygen atoms in total. The molecule has 0 aliphatic carbocycles. The summed E-state index contributed by atoms with van der Waals surface area (Å²) in [5, 5.41) is 0. The summed E-state index contributed by atoms with van der Waals surface area (Å²) in [5.74, 6) is 0. The second-order valence-corrected chi connectivity index (χ2v) is 7.34. The van der Waals surface area contributed by atoms with Gasteiger partial charge in [0.05, 0.1) is 4.90 Å². The first-order valence-electron chi connectivity index (χ1n) is 8.59. The van der Waals surface area contributed by atoms with Crippen LogP contribution in [0.25, 0.3) is 0 Å². The van der Waals surface area contributed by atoms with Crippen LogP contribution in [0.1, 0.15) is 76.7 Å². The van der Waals surface area contributed by atoms with Crippen LogP contribution in [-0.2, 0) is 38.9 Å². The van der Waals surface area contributed by atoms with Crippen molar-refractivity contribution in [2.24, 2.45) is 0 Å². The first-order valence-corrected chi connectivity index (χ1v) is 10.0. The average Bonchev–Trinajstić information content (AvgIpc) is 2.48. The van der Waals surface area contributed by atoms with Gasteiger partial charge in [-0.2, -0.15) is 0 Å². The Hall–Kier alpha value is -0.130. The normalized spacial score (nSPS) is 11.2. The minimum Gasteiger partial charge on any atom is -0.744 e. The predicted molar refractivity (Wildman–Crippen MR) is 90.0 cm³/mol. The molecule has 0 aliphatic heterocycles.